The van der Waals surface area contributed by atoms with E-state index in [2.05, 4.69) is 10.2 Å². The highest BCUT2D eigenvalue weighted by Crippen LogP contribution is 2.15. The van der Waals surface area contributed by atoms with Gasteiger partial charge in [-0.3, -0.25) is 14.3 Å². The zero-order chi connectivity index (χ0) is 14.5. The lowest BCUT2D eigenvalue weighted by molar-refractivity contribution is -0.148. The molecule has 0 aliphatic carbocycles. The summed E-state index contributed by atoms with van der Waals surface area (Å²) in [6.07, 6.45) is 0.699. The Bertz CT molecular complexity index is 326. The third kappa shape index (κ3) is 5.20. The maximum Gasteiger partial charge on any atom is 0.325 e. The van der Waals surface area contributed by atoms with Crippen LogP contribution in [0.3, 0.4) is 0 Å². The molecule has 0 saturated carbocycles. The number of hydrogen-bond donors (Lipinski definition) is 1. The molecule has 1 fully saturated rings. The number of ether oxygens (including phenoxy) is 1. The van der Waals surface area contributed by atoms with E-state index >= 15 is 0 Å². The van der Waals surface area contributed by atoms with E-state index in [1.54, 1.807) is 0 Å². The number of esters is 1. The van der Waals surface area contributed by atoms with Gasteiger partial charge in [0.25, 0.3) is 0 Å². The van der Waals surface area contributed by atoms with Crippen LogP contribution in [-0.4, -0.2) is 64.9 Å². The standard InChI is InChI=1S/C13H26N2O3S/c1-11(2)14-13(3,12(16)18-4)5-6-15-7-9-19(17)10-8-15/h11,14H,5-10H2,1-4H3. The first-order valence-electron chi connectivity index (χ1n) is 6.81. The van der Waals surface area contributed by atoms with Gasteiger partial charge in [0.15, 0.2) is 0 Å². The Labute approximate surface area is 118 Å². The van der Waals surface area contributed by atoms with Crippen LogP contribution in [0.1, 0.15) is 27.2 Å². The molecule has 1 N–H and O–H groups in total. The quantitative estimate of drug-likeness (QED) is 0.716. The van der Waals surface area contributed by atoms with Crippen LogP contribution in [0.2, 0.25) is 0 Å². The summed E-state index contributed by atoms with van der Waals surface area (Å²) in [5.74, 6) is 1.26. The fourth-order valence-corrected chi connectivity index (χ4v) is 3.50. The van der Waals surface area contributed by atoms with Crippen molar-refractivity contribution in [2.75, 3.05) is 38.2 Å². The fraction of sp³-hybridized carbons (Fsp3) is 0.923. The molecule has 0 bridgehead atoms. The summed E-state index contributed by atoms with van der Waals surface area (Å²) in [6.45, 7) is 8.46. The molecule has 6 heteroatoms. The Balaban J connectivity index is 2.53. The van der Waals surface area contributed by atoms with Crippen molar-refractivity contribution in [1.29, 1.82) is 0 Å². The van der Waals surface area contributed by atoms with Gasteiger partial charge >= 0.3 is 5.97 Å². The number of hydrogen-bond acceptors (Lipinski definition) is 5. The summed E-state index contributed by atoms with van der Waals surface area (Å²) >= 11 is 0. The maximum absolute atomic E-state index is 11.9. The molecular formula is C13H26N2O3S. The number of methoxy groups -OCH3 is 1. The summed E-state index contributed by atoms with van der Waals surface area (Å²) in [5, 5.41) is 3.29. The predicted molar refractivity (Wildman–Crippen MR) is 77.6 cm³/mol. The van der Waals surface area contributed by atoms with Crippen LogP contribution in [0.4, 0.5) is 0 Å². The van der Waals surface area contributed by atoms with Gasteiger partial charge in [0.05, 0.1) is 7.11 Å². The van der Waals surface area contributed by atoms with Gasteiger partial charge in [-0.1, -0.05) is 0 Å². The Morgan fingerprint density at radius 1 is 1.42 bits per heavy atom. The Morgan fingerprint density at radius 3 is 2.47 bits per heavy atom. The molecule has 112 valence electrons. The monoisotopic (exact) mass is 290 g/mol. The Kier molecular flexibility index (Phi) is 6.42. The Morgan fingerprint density at radius 2 is 2.00 bits per heavy atom. The van der Waals surface area contributed by atoms with Gasteiger partial charge in [0, 0.05) is 48.0 Å². The zero-order valence-corrected chi connectivity index (χ0v) is 13.2. The van der Waals surface area contributed by atoms with Crippen molar-refractivity contribution < 1.29 is 13.7 Å². The van der Waals surface area contributed by atoms with Crippen molar-refractivity contribution in [2.24, 2.45) is 0 Å². The van der Waals surface area contributed by atoms with Crippen molar-refractivity contribution in [2.45, 2.75) is 38.8 Å². The van der Waals surface area contributed by atoms with E-state index in [-0.39, 0.29) is 12.0 Å². The van der Waals surface area contributed by atoms with Crippen LogP contribution < -0.4 is 5.32 Å². The van der Waals surface area contributed by atoms with E-state index in [0.29, 0.717) is 6.42 Å². The topological polar surface area (TPSA) is 58.6 Å². The molecule has 0 aromatic heterocycles. The second-order valence-electron chi connectivity index (χ2n) is 5.56. The minimum Gasteiger partial charge on any atom is -0.468 e. The van der Waals surface area contributed by atoms with Crippen LogP contribution in [0, 0.1) is 0 Å². The molecule has 5 nitrogen and oxygen atoms in total. The third-order valence-electron chi connectivity index (χ3n) is 3.44. The molecule has 0 aromatic carbocycles. The van der Waals surface area contributed by atoms with Gasteiger partial charge in [-0.15, -0.1) is 0 Å². The average molecular weight is 290 g/mol. The van der Waals surface area contributed by atoms with Gasteiger partial charge in [-0.25, -0.2) is 0 Å². The maximum atomic E-state index is 11.9. The molecule has 0 radical (unpaired) electrons. The van der Waals surface area contributed by atoms with Crippen molar-refractivity contribution >= 4 is 16.8 Å². The van der Waals surface area contributed by atoms with Gasteiger partial charge in [0.2, 0.25) is 0 Å². The average Bonchev–Trinajstić information content (AvgIpc) is 2.36. The highest BCUT2D eigenvalue weighted by atomic mass is 32.2. The summed E-state index contributed by atoms with van der Waals surface area (Å²) in [7, 11) is 0.769. The van der Waals surface area contributed by atoms with E-state index in [0.717, 1.165) is 31.1 Å². The first kappa shape index (κ1) is 16.6. The van der Waals surface area contributed by atoms with Gasteiger partial charge in [-0.05, 0) is 27.2 Å². The van der Waals surface area contributed by atoms with E-state index in [4.69, 9.17) is 4.74 Å². The molecule has 1 aliphatic rings. The molecule has 1 unspecified atom stereocenters. The minimum absolute atomic E-state index is 0.220. The molecule has 1 rings (SSSR count). The van der Waals surface area contributed by atoms with Crippen LogP contribution >= 0.6 is 0 Å². The number of nitrogens with one attached hydrogen (secondary N) is 1. The lowest BCUT2D eigenvalue weighted by Crippen LogP contribution is -2.55. The van der Waals surface area contributed by atoms with Crippen molar-refractivity contribution in [3.05, 3.63) is 0 Å². The highest BCUT2D eigenvalue weighted by molar-refractivity contribution is 7.85. The van der Waals surface area contributed by atoms with Crippen LogP contribution in [0.5, 0.6) is 0 Å². The molecule has 1 atom stereocenters. The molecule has 19 heavy (non-hydrogen) atoms. The third-order valence-corrected chi connectivity index (χ3v) is 4.72. The van der Waals surface area contributed by atoms with Crippen molar-refractivity contribution in [3.63, 3.8) is 0 Å². The zero-order valence-electron chi connectivity index (χ0n) is 12.4. The van der Waals surface area contributed by atoms with Crippen LogP contribution in [0.25, 0.3) is 0 Å². The summed E-state index contributed by atoms with van der Waals surface area (Å²) in [4.78, 5) is 14.2. The number of carbonyl (C=O) groups excluding carboxylic acids is 1. The van der Waals surface area contributed by atoms with Gasteiger partial charge in [0.1, 0.15) is 5.54 Å². The highest BCUT2D eigenvalue weighted by Gasteiger charge is 2.35. The lowest BCUT2D eigenvalue weighted by atomic mass is 9.96. The van der Waals surface area contributed by atoms with Crippen LogP contribution in [-0.2, 0) is 20.3 Å². The first-order chi connectivity index (χ1) is 8.87. The normalized spacial score (nSPS) is 21.3. The molecule has 0 aromatic rings. The SMILES string of the molecule is COC(=O)C(C)(CCN1CCS(=O)CC1)NC(C)C. The summed E-state index contributed by atoms with van der Waals surface area (Å²) < 4.78 is 16.2. The molecule has 1 saturated heterocycles. The number of carbonyl (C=O) groups is 1. The summed E-state index contributed by atoms with van der Waals surface area (Å²) in [6, 6.07) is 0.220. The largest absolute Gasteiger partial charge is 0.468 e. The molecule has 1 heterocycles. The van der Waals surface area contributed by atoms with E-state index in [1.165, 1.54) is 7.11 Å². The first-order valence-corrected chi connectivity index (χ1v) is 8.29. The smallest absolute Gasteiger partial charge is 0.325 e. The lowest BCUT2D eigenvalue weighted by Gasteiger charge is -2.33. The van der Waals surface area contributed by atoms with Gasteiger partial charge < -0.3 is 9.64 Å². The van der Waals surface area contributed by atoms with Crippen LogP contribution in [0.15, 0.2) is 0 Å². The molecule has 0 spiro atoms. The second kappa shape index (κ2) is 7.36. The molecule has 0 amide bonds. The van der Waals surface area contributed by atoms with Crippen molar-refractivity contribution in [3.8, 4) is 0 Å². The number of nitrogens with zero attached hydrogens (tertiary/aromatic N) is 1. The molecular weight excluding hydrogens is 264 g/mol. The Hall–Kier alpha value is -0.460. The molecule has 1 aliphatic heterocycles. The number of rotatable bonds is 6. The van der Waals surface area contributed by atoms with E-state index in [9.17, 15) is 9.00 Å². The predicted octanol–water partition coefficient (Wildman–Crippen LogP) is 0.371. The fourth-order valence-electron chi connectivity index (χ4n) is 2.38. The second-order valence-corrected chi connectivity index (χ2v) is 7.26. The van der Waals surface area contributed by atoms with Gasteiger partial charge in [-0.2, -0.15) is 0 Å². The summed E-state index contributed by atoms with van der Waals surface area (Å²) in [5.41, 5.74) is -0.653. The van der Waals surface area contributed by atoms with E-state index < -0.39 is 16.3 Å². The van der Waals surface area contributed by atoms with E-state index in [1.807, 2.05) is 20.8 Å². The minimum atomic E-state index is -0.654. The van der Waals surface area contributed by atoms with Crippen molar-refractivity contribution in [1.82, 2.24) is 10.2 Å².